The zero-order valence-electron chi connectivity index (χ0n) is 14.4. The van der Waals surface area contributed by atoms with Gasteiger partial charge in [-0.05, 0) is 24.3 Å². The lowest BCUT2D eigenvalue weighted by Gasteiger charge is -2.12. The number of hydrogen-bond acceptors (Lipinski definition) is 7. The van der Waals surface area contributed by atoms with Gasteiger partial charge in [0.1, 0.15) is 11.5 Å². The first-order chi connectivity index (χ1) is 12.7. The van der Waals surface area contributed by atoms with E-state index in [4.69, 9.17) is 21.1 Å². The second-order valence-electron chi connectivity index (χ2n) is 5.30. The van der Waals surface area contributed by atoms with Crippen molar-refractivity contribution in [2.45, 2.75) is 6.54 Å². The Morgan fingerprint density at radius 2 is 1.85 bits per heavy atom. The predicted octanol–water partition coefficient (Wildman–Crippen LogP) is 3.90. The Bertz CT molecular complexity index is 891. The van der Waals surface area contributed by atoms with Crippen molar-refractivity contribution >= 4 is 29.1 Å². The van der Waals surface area contributed by atoms with Gasteiger partial charge >= 0.3 is 0 Å². The normalized spacial score (nSPS) is 10.3. The van der Waals surface area contributed by atoms with Crippen molar-refractivity contribution in [1.82, 2.24) is 15.2 Å². The summed E-state index contributed by atoms with van der Waals surface area (Å²) in [6.07, 6.45) is 1.52. The Labute approximate surface area is 156 Å². The SMILES string of the molecule is COc1ccccc1CNc1nncc(Nc2cc(Cl)ccc2OC)n1. The van der Waals surface area contributed by atoms with Gasteiger partial charge in [0.25, 0.3) is 0 Å². The summed E-state index contributed by atoms with van der Waals surface area (Å²) in [5, 5.41) is 14.8. The van der Waals surface area contributed by atoms with Crippen LogP contribution < -0.4 is 20.1 Å². The molecule has 1 aromatic heterocycles. The third-order valence-electron chi connectivity index (χ3n) is 3.61. The lowest BCUT2D eigenvalue weighted by Crippen LogP contribution is -2.07. The average Bonchev–Trinajstić information content (AvgIpc) is 2.67. The number of ether oxygens (including phenoxy) is 2. The van der Waals surface area contributed by atoms with E-state index in [0.717, 1.165) is 11.3 Å². The van der Waals surface area contributed by atoms with Crippen LogP contribution in [0.1, 0.15) is 5.56 Å². The number of halogens is 1. The molecule has 0 spiro atoms. The highest BCUT2D eigenvalue weighted by atomic mass is 35.5. The minimum atomic E-state index is 0.391. The van der Waals surface area contributed by atoms with Crippen LogP contribution in [-0.4, -0.2) is 29.4 Å². The fourth-order valence-electron chi connectivity index (χ4n) is 2.38. The number of rotatable bonds is 7. The molecule has 2 N–H and O–H groups in total. The van der Waals surface area contributed by atoms with Crippen LogP contribution in [0.5, 0.6) is 11.5 Å². The highest BCUT2D eigenvalue weighted by Crippen LogP contribution is 2.29. The van der Waals surface area contributed by atoms with Gasteiger partial charge in [-0.1, -0.05) is 29.8 Å². The molecule has 0 saturated carbocycles. The largest absolute Gasteiger partial charge is 0.496 e. The molecule has 0 unspecified atom stereocenters. The third-order valence-corrected chi connectivity index (χ3v) is 3.85. The molecule has 26 heavy (non-hydrogen) atoms. The van der Waals surface area contributed by atoms with Gasteiger partial charge in [-0.25, -0.2) is 0 Å². The number of nitrogens with zero attached hydrogens (tertiary/aromatic N) is 3. The number of benzene rings is 2. The maximum Gasteiger partial charge on any atom is 0.244 e. The van der Waals surface area contributed by atoms with Gasteiger partial charge in [-0.3, -0.25) is 0 Å². The van der Waals surface area contributed by atoms with Gasteiger partial charge in [0.05, 0.1) is 26.1 Å². The van der Waals surface area contributed by atoms with E-state index < -0.39 is 0 Å². The Morgan fingerprint density at radius 3 is 2.65 bits per heavy atom. The number of anilines is 3. The lowest BCUT2D eigenvalue weighted by atomic mass is 10.2. The molecule has 0 aliphatic rings. The fourth-order valence-corrected chi connectivity index (χ4v) is 2.55. The number of nitrogens with one attached hydrogen (secondary N) is 2. The van der Waals surface area contributed by atoms with Crippen LogP contribution in [0.15, 0.2) is 48.7 Å². The standard InChI is InChI=1S/C18H18ClN5O2/c1-25-15-6-4-3-5-12(15)10-20-18-23-17(11-21-24-18)22-14-9-13(19)7-8-16(14)26-2/h3-9,11H,10H2,1-2H3,(H2,20,22,23,24). The highest BCUT2D eigenvalue weighted by Gasteiger charge is 2.08. The van der Waals surface area contributed by atoms with Gasteiger partial charge in [0, 0.05) is 17.1 Å². The minimum absolute atomic E-state index is 0.391. The molecule has 3 aromatic rings. The topological polar surface area (TPSA) is 81.2 Å². The molecule has 8 heteroatoms. The maximum absolute atomic E-state index is 6.05. The maximum atomic E-state index is 6.05. The van der Waals surface area contributed by atoms with Gasteiger partial charge in [-0.2, -0.15) is 10.1 Å². The van der Waals surface area contributed by atoms with E-state index in [0.29, 0.717) is 34.8 Å². The highest BCUT2D eigenvalue weighted by molar-refractivity contribution is 6.31. The summed E-state index contributed by atoms with van der Waals surface area (Å²) >= 11 is 6.05. The molecule has 0 atom stereocenters. The second-order valence-corrected chi connectivity index (χ2v) is 5.74. The molecular formula is C18H18ClN5O2. The van der Waals surface area contributed by atoms with Crippen LogP contribution in [0.3, 0.4) is 0 Å². The number of para-hydroxylation sites is 1. The molecule has 3 rings (SSSR count). The Kier molecular flexibility index (Phi) is 5.70. The van der Waals surface area contributed by atoms with Crippen molar-refractivity contribution in [2.24, 2.45) is 0 Å². The number of aromatic nitrogens is 3. The molecule has 0 radical (unpaired) electrons. The van der Waals surface area contributed by atoms with Gasteiger partial charge < -0.3 is 20.1 Å². The first kappa shape index (κ1) is 17.8. The summed E-state index contributed by atoms with van der Waals surface area (Å²) < 4.78 is 10.7. The monoisotopic (exact) mass is 371 g/mol. The zero-order valence-corrected chi connectivity index (χ0v) is 15.1. The first-order valence-electron chi connectivity index (χ1n) is 7.85. The minimum Gasteiger partial charge on any atom is -0.496 e. The fraction of sp³-hybridized carbons (Fsp3) is 0.167. The molecule has 0 bridgehead atoms. The quantitative estimate of drug-likeness (QED) is 0.651. The van der Waals surface area contributed by atoms with E-state index in [1.54, 1.807) is 32.4 Å². The van der Waals surface area contributed by atoms with Crippen molar-refractivity contribution in [3.05, 3.63) is 59.2 Å². The second kappa shape index (κ2) is 8.35. The van der Waals surface area contributed by atoms with Crippen molar-refractivity contribution in [2.75, 3.05) is 24.9 Å². The molecule has 0 amide bonds. The molecule has 0 fully saturated rings. The summed E-state index contributed by atoms with van der Waals surface area (Å²) in [5.74, 6) is 2.35. The molecule has 1 heterocycles. The van der Waals surface area contributed by atoms with Gasteiger partial charge in [0.15, 0.2) is 5.82 Å². The first-order valence-corrected chi connectivity index (χ1v) is 8.23. The Hall–Kier alpha value is -3.06. The molecule has 2 aromatic carbocycles. The van der Waals surface area contributed by atoms with Crippen molar-refractivity contribution < 1.29 is 9.47 Å². The van der Waals surface area contributed by atoms with Crippen LogP contribution in [0, 0.1) is 0 Å². The summed E-state index contributed by atoms with van der Waals surface area (Å²) in [6, 6.07) is 13.0. The van der Waals surface area contributed by atoms with Gasteiger partial charge in [0.2, 0.25) is 5.95 Å². The van der Waals surface area contributed by atoms with Crippen LogP contribution >= 0.6 is 11.6 Å². The van der Waals surface area contributed by atoms with Crippen LogP contribution in [0.2, 0.25) is 5.02 Å². The number of hydrogen-bond donors (Lipinski definition) is 2. The van der Waals surface area contributed by atoms with Crippen LogP contribution in [-0.2, 0) is 6.54 Å². The zero-order chi connectivity index (χ0) is 18.4. The molecule has 0 aliphatic heterocycles. The summed E-state index contributed by atoms with van der Waals surface area (Å²) in [7, 11) is 3.23. The van der Waals surface area contributed by atoms with E-state index in [2.05, 4.69) is 25.8 Å². The van der Waals surface area contributed by atoms with Gasteiger partial charge in [-0.15, -0.1) is 5.10 Å². The van der Waals surface area contributed by atoms with Crippen LogP contribution in [0.4, 0.5) is 17.5 Å². The van der Waals surface area contributed by atoms with Crippen molar-refractivity contribution in [3.63, 3.8) is 0 Å². The van der Waals surface area contributed by atoms with Crippen LogP contribution in [0.25, 0.3) is 0 Å². The summed E-state index contributed by atoms with van der Waals surface area (Å²) in [6.45, 7) is 0.510. The molecule has 7 nitrogen and oxygen atoms in total. The number of methoxy groups -OCH3 is 2. The molecule has 0 aliphatic carbocycles. The van der Waals surface area contributed by atoms with Crippen molar-refractivity contribution in [3.8, 4) is 11.5 Å². The Morgan fingerprint density at radius 1 is 1.04 bits per heavy atom. The summed E-state index contributed by atoms with van der Waals surface area (Å²) in [5.41, 5.74) is 1.68. The van der Waals surface area contributed by atoms with E-state index in [1.807, 2.05) is 24.3 Å². The molecular weight excluding hydrogens is 354 g/mol. The summed E-state index contributed by atoms with van der Waals surface area (Å²) in [4.78, 5) is 4.41. The lowest BCUT2D eigenvalue weighted by molar-refractivity contribution is 0.410. The van der Waals surface area contributed by atoms with E-state index in [1.165, 1.54) is 6.20 Å². The van der Waals surface area contributed by atoms with E-state index in [9.17, 15) is 0 Å². The van der Waals surface area contributed by atoms with Crippen molar-refractivity contribution in [1.29, 1.82) is 0 Å². The third kappa shape index (κ3) is 4.31. The smallest absolute Gasteiger partial charge is 0.244 e. The van der Waals surface area contributed by atoms with E-state index >= 15 is 0 Å². The molecule has 0 saturated heterocycles. The van der Waals surface area contributed by atoms with E-state index in [-0.39, 0.29) is 0 Å². The Balaban J connectivity index is 1.73. The molecule has 134 valence electrons. The predicted molar refractivity (Wildman–Crippen MR) is 101 cm³/mol. The average molecular weight is 372 g/mol.